The molecular weight excluding hydrogens is 351 g/mol. The number of likely N-dealkylation sites (tertiary alicyclic amines) is 1. The molecule has 6 heteroatoms. The minimum atomic E-state index is 0. The Morgan fingerprint density at radius 1 is 1.58 bits per heavy atom. The summed E-state index contributed by atoms with van der Waals surface area (Å²) in [4.78, 5) is 14.3. The van der Waals surface area contributed by atoms with Gasteiger partial charge in [0.05, 0.1) is 10.6 Å². The van der Waals surface area contributed by atoms with Gasteiger partial charge >= 0.3 is 0 Å². The van der Waals surface area contributed by atoms with Crippen LogP contribution in [0.1, 0.15) is 16.8 Å². The largest absolute Gasteiger partial charge is 0.338 e. The summed E-state index contributed by atoms with van der Waals surface area (Å²) in [6.45, 7) is 2.58. The number of carbonyl (C=O) groups excluding carboxylic acids is 1. The average Bonchev–Trinajstić information content (AvgIpc) is 2.81. The van der Waals surface area contributed by atoms with Gasteiger partial charge in [0.2, 0.25) is 0 Å². The van der Waals surface area contributed by atoms with Crippen LogP contribution < -0.4 is 5.32 Å². The van der Waals surface area contributed by atoms with Crippen molar-refractivity contribution >= 4 is 45.8 Å². The predicted octanol–water partition coefficient (Wildman–Crippen LogP) is 3.21. The molecule has 0 aromatic heterocycles. The number of hydrogen-bond donors (Lipinski definition) is 1. The lowest BCUT2D eigenvalue weighted by atomic mass is 10.1. The van der Waals surface area contributed by atoms with E-state index in [4.69, 9.17) is 11.6 Å². The second-order valence-electron chi connectivity index (χ2n) is 4.56. The van der Waals surface area contributed by atoms with Gasteiger partial charge in [0.1, 0.15) is 0 Å². The van der Waals surface area contributed by atoms with E-state index in [1.807, 2.05) is 24.1 Å². The molecule has 1 aromatic carbocycles. The molecule has 1 aromatic rings. The van der Waals surface area contributed by atoms with Gasteiger partial charge in [-0.15, -0.1) is 12.4 Å². The normalized spacial score (nSPS) is 18.3. The first kappa shape index (κ1) is 16.8. The van der Waals surface area contributed by atoms with Crippen LogP contribution in [0.3, 0.4) is 0 Å². The summed E-state index contributed by atoms with van der Waals surface area (Å²) < 4.78 is 0.765. The molecule has 0 aliphatic carbocycles. The Morgan fingerprint density at radius 2 is 2.32 bits per heavy atom. The van der Waals surface area contributed by atoms with Crippen molar-refractivity contribution in [1.29, 1.82) is 0 Å². The third kappa shape index (κ3) is 3.85. The van der Waals surface area contributed by atoms with Gasteiger partial charge in [-0.05, 0) is 54.0 Å². The third-order valence-electron chi connectivity index (χ3n) is 3.25. The number of hydrogen-bond acceptors (Lipinski definition) is 2. The quantitative estimate of drug-likeness (QED) is 0.889. The SMILES string of the molecule is CNCC1CCN(C(=O)c2cccc(Br)c2Cl)C1.Cl. The van der Waals surface area contributed by atoms with Crippen LogP contribution in [-0.4, -0.2) is 37.5 Å². The number of nitrogens with one attached hydrogen (secondary N) is 1. The van der Waals surface area contributed by atoms with Gasteiger partial charge in [0.25, 0.3) is 5.91 Å². The number of nitrogens with zero attached hydrogens (tertiary/aromatic N) is 1. The van der Waals surface area contributed by atoms with Crippen molar-refractivity contribution in [2.75, 3.05) is 26.7 Å². The lowest BCUT2D eigenvalue weighted by molar-refractivity contribution is 0.0787. The highest BCUT2D eigenvalue weighted by Crippen LogP contribution is 2.28. The highest BCUT2D eigenvalue weighted by Gasteiger charge is 2.27. The van der Waals surface area contributed by atoms with Crippen LogP contribution in [0.4, 0.5) is 0 Å². The Balaban J connectivity index is 0.00000180. The summed E-state index contributed by atoms with van der Waals surface area (Å²) in [5.74, 6) is 0.574. The van der Waals surface area contributed by atoms with Crippen molar-refractivity contribution in [3.63, 3.8) is 0 Å². The van der Waals surface area contributed by atoms with E-state index in [0.717, 1.165) is 30.5 Å². The topological polar surface area (TPSA) is 32.3 Å². The molecule has 1 saturated heterocycles. The predicted molar refractivity (Wildman–Crippen MR) is 84.3 cm³/mol. The van der Waals surface area contributed by atoms with Crippen LogP contribution in [0.15, 0.2) is 22.7 Å². The molecule has 1 amide bonds. The van der Waals surface area contributed by atoms with E-state index in [1.165, 1.54) is 0 Å². The van der Waals surface area contributed by atoms with Gasteiger partial charge < -0.3 is 10.2 Å². The molecule has 1 heterocycles. The highest BCUT2D eigenvalue weighted by atomic mass is 79.9. The fourth-order valence-electron chi connectivity index (χ4n) is 2.31. The summed E-state index contributed by atoms with van der Waals surface area (Å²) in [6, 6.07) is 5.46. The monoisotopic (exact) mass is 366 g/mol. The maximum absolute atomic E-state index is 12.4. The van der Waals surface area contributed by atoms with Crippen molar-refractivity contribution in [3.8, 4) is 0 Å². The zero-order valence-corrected chi connectivity index (χ0v) is 13.8. The fraction of sp³-hybridized carbons (Fsp3) is 0.462. The number of amides is 1. The molecule has 0 bridgehead atoms. The Hall–Kier alpha value is -0.290. The smallest absolute Gasteiger partial charge is 0.255 e. The average molecular weight is 368 g/mol. The van der Waals surface area contributed by atoms with E-state index in [0.29, 0.717) is 16.5 Å². The molecule has 1 aliphatic heterocycles. The van der Waals surface area contributed by atoms with Crippen molar-refractivity contribution in [2.24, 2.45) is 5.92 Å². The van der Waals surface area contributed by atoms with E-state index >= 15 is 0 Å². The van der Waals surface area contributed by atoms with Crippen LogP contribution in [0.25, 0.3) is 0 Å². The summed E-state index contributed by atoms with van der Waals surface area (Å²) in [6.07, 6.45) is 1.05. The van der Waals surface area contributed by atoms with E-state index in [9.17, 15) is 4.79 Å². The van der Waals surface area contributed by atoms with Gasteiger partial charge in [-0.25, -0.2) is 0 Å². The Bertz CT molecular complexity index is 456. The zero-order valence-electron chi connectivity index (χ0n) is 10.7. The molecule has 0 radical (unpaired) electrons. The van der Waals surface area contributed by atoms with Crippen molar-refractivity contribution in [3.05, 3.63) is 33.3 Å². The van der Waals surface area contributed by atoms with Gasteiger partial charge in [-0.1, -0.05) is 17.7 Å². The Kier molecular flexibility index (Phi) is 6.60. The van der Waals surface area contributed by atoms with E-state index < -0.39 is 0 Å². The number of halogens is 3. The molecule has 1 N–H and O–H groups in total. The summed E-state index contributed by atoms with van der Waals surface area (Å²) in [5.41, 5.74) is 0.580. The molecule has 1 aliphatic rings. The molecule has 1 unspecified atom stereocenters. The molecule has 1 fully saturated rings. The zero-order chi connectivity index (χ0) is 13.1. The van der Waals surface area contributed by atoms with Gasteiger partial charge in [-0.2, -0.15) is 0 Å². The molecule has 106 valence electrons. The minimum absolute atomic E-state index is 0. The van der Waals surface area contributed by atoms with E-state index in [2.05, 4.69) is 21.2 Å². The van der Waals surface area contributed by atoms with Gasteiger partial charge in [0.15, 0.2) is 0 Å². The lowest BCUT2D eigenvalue weighted by Gasteiger charge is -2.17. The number of carbonyl (C=O) groups is 1. The third-order valence-corrected chi connectivity index (χ3v) is 4.54. The molecule has 19 heavy (non-hydrogen) atoms. The molecule has 0 saturated carbocycles. The highest BCUT2D eigenvalue weighted by molar-refractivity contribution is 9.10. The molecule has 3 nitrogen and oxygen atoms in total. The van der Waals surface area contributed by atoms with Crippen LogP contribution in [0.5, 0.6) is 0 Å². The van der Waals surface area contributed by atoms with Gasteiger partial charge in [0, 0.05) is 17.6 Å². The van der Waals surface area contributed by atoms with Crippen LogP contribution >= 0.6 is 39.9 Å². The first-order valence-electron chi connectivity index (χ1n) is 6.01. The second-order valence-corrected chi connectivity index (χ2v) is 5.80. The van der Waals surface area contributed by atoms with Crippen LogP contribution in [0, 0.1) is 5.92 Å². The molecule has 0 spiro atoms. The van der Waals surface area contributed by atoms with Crippen LogP contribution in [-0.2, 0) is 0 Å². The fourth-order valence-corrected chi connectivity index (χ4v) is 2.88. The summed E-state index contributed by atoms with van der Waals surface area (Å²) in [7, 11) is 1.94. The number of benzene rings is 1. The van der Waals surface area contributed by atoms with Crippen molar-refractivity contribution in [2.45, 2.75) is 6.42 Å². The summed E-state index contributed by atoms with van der Waals surface area (Å²) in [5, 5.41) is 3.66. The Morgan fingerprint density at radius 3 is 3.00 bits per heavy atom. The standard InChI is InChI=1S/C13H16BrClN2O.ClH/c1-16-7-9-5-6-17(8-9)13(18)10-3-2-4-11(14)12(10)15;/h2-4,9,16H,5-8H2,1H3;1H. The maximum Gasteiger partial charge on any atom is 0.255 e. The summed E-state index contributed by atoms with van der Waals surface area (Å²) >= 11 is 9.50. The molecular formula is C13H17BrCl2N2O. The first-order valence-corrected chi connectivity index (χ1v) is 7.18. The Labute approximate surface area is 133 Å². The van der Waals surface area contributed by atoms with Gasteiger partial charge in [-0.3, -0.25) is 4.79 Å². The first-order chi connectivity index (χ1) is 8.63. The maximum atomic E-state index is 12.4. The molecule has 2 rings (SSSR count). The molecule has 1 atom stereocenters. The minimum Gasteiger partial charge on any atom is -0.338 e. The number of rotatable bonds is 3. The van der Waals surface area contributed by atoms with E-state index in [-0.39, 0.29) is 18.3 Å². The van der Waals surface area contributed by atoms with Crippen molar-refractivity contribution in [1.82, 2.24) is 10.2 Å². The van der Waals surface area contributed by atoms with E-state index in [1.54, 1.807) is 6.07 Å². The lowest BCUT2D eigenvalue weighted by Crippen LogP contribution is -2.30. The second kappa shape index (κ2) is 7.48. The van der Waals surface area contributed by atoms with Crippen molar-refractivity contribution < 1.29 is 4.79 Å². The van der Waals surface area contributed by atoms with Crippen LogP contribution in [0.2, 0.25) is 5.02 Å².